The molecule has 1 aliphatic heterocycles. The number of amides is 1. The lowest BCUT2D eigenvalue weighted by Crippen LogP contribution is -2.33. The second-order valence-electron chi connectivity index (χ2n) is 4.45. The number of rotatable bonds is 3. The second kappa shape index (κ2) is 6.49. The Labute approximate surface area is 117 Å². The zero-order valence-electron chi connectivity index (χ0n) is 10.3. The van der Waals surface area contributed by atoms with Crippen molar-refractivity contribution in [2.45, 2.75) is 18.9 Å². The molecule has 0 bridgehead atoms. The Kier molecular flexibility index (Phi) is 5.26. The van der Waals surface area contributed by atoms with Crippen LogP contribution in [0.1, 0.15) is 12.0 Å². The number of likely N-dealkylation sites (tertiary alicyclic amines) is 1. The second-order valence-corrected chi connectivity index (χ2v) is 4.45. The maximum Gasteiger partial charge on any atom is 0.273 e. The van der Waals surface area contributed by atoms with Gasteiger partial charge in [-0.25, -0.2) is 0 Å². The summed E-state index contributed by atoms with van der Waals surface area (Å²) in [5, 5.41) is 10.8. The number of hydrogen-bond donors (Lipinski definition) is 1. The number of nitro groups is 1. The van der Waals surface area contributed by atoms with E-state index >= 15 is 0 Å². The number of halogens is 1. The molecule has 1 fully saturated rings. The first-order valence-electron chi connectivity index (χ1n) is 5.83. The molecule has 0 aromatic heterocycles. The van der Waals surface area contributed by atoms with Gasteiger partial charge in [-0.1, -0.05) is 18.2 Å². The van der Waals surface area contributed by atoms with Gasteiger partial charge in [0, 0.05) is 30.8 Å². The predicted molar refractivity (Wildman–Crippen MR) is 73.2 cm³/mol. The number of nitrogens with two attached hydrogens (primary N) is 1. The van der Waals surface area contributed by atoms with Crippen molar-refractivity contribution in [3.63, 3.8) is 0 Å². The van der Waals surface area contributed by atoms with Crippen LogP contribution in [0.5, 0.6) is 0 Å². The SMILES string of the molecule is Cl.N[C@H]1CCN(C(=O)Cc2ccccc2[N+](=O)[O-])C1. The molecule has 1 aliphatic rings. The van der Waals surface area contributed by atoms with Gasteiger partial charge in [-0.2, -0.15) is 0 Å². The molecule has 0 radical (unpaired) electrons. The highest BCUT2D eigenvalue weighted by atomic mass is 35.5. The normalized spacial score (nSPS) is 17.9. The molecular formula is C12H16ClN3O3. The van der Waals surface area contributed by atoms with Gasteiger partial charge in [0.25, 0.3) is 5.69 Å². The van der Waals surface area contributed by atoms with Gasteiger partial charge in [0.1, 0.15) is 0 Å². The van der Waals surface area contributed by atoms with E-state index in [1.165, 1.54) is 6.07 Å². The summed E-state index contributed by atoms with van der Waals surface area (Å²) in [6, 6.07) is 6.35. The fraction of sp³-hybridized carbons (Fsp3) is 0.417. The Balaban J connectivity index is 0.00000180. The molecule has 1 amide bonds. The maximum absolute atomic E-state index is 12.0. The lowest BCUT2D eigenvalue weighted by Gasteiger charge is -2.15. The molecule has 2 rings (SSSR count). The molecule has 104 valence electrons. The number of carbonyl (C=O) groups is 1. The minimum atomic E-state index is -0.460. The van der Waals surface area contributed by atoms with E-state index in [1.54, 1.807) is 23.1 Å². The molecule has 1 aromatic rings. The molecule has 0 aliphatic carbocycles. The molecule has 6 nitrogen and oxygen atoms in total. The van der Waals surface area contributed by atoms with E-state index in [0.717, 1.165) is 6.42 Å². The molecule has 0 unspecified atom stereocenters. The summed E-state index contributed by atoms with van der Waals surface area (Å²) in [6.45, 7) is 1.18. The largest absolute Gasteiger partial charge is 0.341 e. The Morgan fingerprint density at radius 1 is 1.47 bits per heavy atom. The number of carbonyl (C=O) groups excluding carboxylic acids is 1. The first-order valence-corrected chi connectivity index (χ1v) is 5.83. The average Bonchev–Trinajstić information content (AvgIpc) is 2.76. The van der Waals surface area contributed by atoms with Crippen molar-refractivity contribution >= 4 is 24.0 Å². The molecule has 1 aromatic carbocycles. The summed E-state index contributed by atoms with van der Waals surface area (Å²) in [6.07, 6.45) is 0.854. The standard InChI is InChI=1S/C12H15N3O3.ClH/c13-10-5-6-14(8-10)12(16)7-9-3-1-2-4-11(9)15(17)18;/h1-4,10H,5-8,13H2;1H/t10-;/m0./s1. The molecule has 1 heterocycles. The van der Waals surface area contributed by atoms with E-state index in [0.29, 0.717) is 18.7 Å². The monoisotopic (exact) mass is 285 g/mol. The van der Waals surface area contributed by atoms with E-state index in [9.17, 15) is 14.9 Å². The van der Waals surface area contributed by atoms with Gasteiger partial charge in [0.2, 0.25) is 5.91 Å². The van der Waals surface area contributed by atoms with Crippen molar-refractivity contribution < 1.29 is 9.72 Å². The van der Waals surface area contributed by atoms with Crippen LogP contribution in [0.4, 0.5) is 5.69 Å². The highest BCUT2D eigenvalue weighted by Crippen LogP contribution is 2.19. The average molecular weight is 286 g/mol. The summed E-state index contributed by atoms with van der Waals surface area (Å²) in [7, 11) is 0. The van der Waals surface area contributed by atoms with Gasteiger partial charge in [-0.3, -0.25) is 14.9 Å². The molecule has 1 saturated heterocycles. The summed E-state index contributed by atoms with van der Waals surface area (Å²) in [4.78, 5) is 24.0. The van der Waals surface area contributed by atoms with Crippen LogP contribution in [0.15, 0.2) is 24.3 Å². The fourth-order valence-corrected chi connectivity index (χ4v) is 2.13. The number of benzene rings is 1. The van der Waals surface area contributed by atoms with Crippen LogP contribution in [-0.4, -0.2) is 34.9 Å². The zero-order chi connectivity index (χ0) is 13.1. The zero-order valence-corrected chi connectivity index (χ0v) is 11.1. The predicted octanol–water partition coefficient (Wildman–Crippen LogP) is 1.12. The quantitative estimate of drug-likeness (QED) is 0.665. The van der Waals surface area contributed by atoms with Crippen LogP contribution in [0.3, 0.4) is 0 Å². The Morgan fingerprint density at radius 3 is 2.74 bits per heavy atom. The van der Waals surface area contributed by atoms with Crippen LogP contribution in [0.2, 0.25) is 0 Å². The van der Waals surface area contributed by atoms with Crippen LogP contribution < -0.4 is 5.73 Å². The highest BCUT2D eigenvalue weighted by molar-refractivity contribution is 5.85. The van der Waals surface area contributed by atoms with Crippen molar-refractivity contribution in [3.8, 4) is 0 Å². The first kappa shape index (κ1) is 15.4. The third-order valence-corrected chi connectivity index (χ3v) is 3.11. The van der Waals surface area contributed by atoms with Gasteiger partial charge < -0.3 is 10.6 Å². The lowest BCUT2D eigenvalue weighted by atomic mass is 10.1. The van der Waals surface area contributed by atoms with Crippen LogP contribution in [0.25, 0.3) is 0 Å². The van der Waals surface area contributed by atoms with Crippen molar-refractivity contribution in [1.82, 2.24) is 4.90 Å². The lowest BCUT2D eigenvalue weighted by molar-refractivity contribution is -0.385. The number of hydrogen-bond acceptors (Lipinski definition) is 4. The summed E-state index contributed by atoms with van der Waals surface area (Å²) < 4.78 is 0. The smallest absolute Gasteiger partial charge is 0.273 e. The van der Waals surface area contributed by atoms with Gasteiger partial charge in [0.15, 0.2) is 0 Å². The van der Waals surface area contributed by atoms with Gasteiger partial charge >= 0.3 is 0 Å². The van der Waals surface area contributed by atoms with Crippen molar-refractivity contribution in [2.24, 2.45) is 5.73 Å². The molecule has 19 heavy (non-hydrogen) atoms. The minimum absolute atomic E-state index is 0. The van der Waals surface area contributed by atoms with Crippen LogP contribution >= 0.6 is 12.4 Å². The van der Waals surface area contributed by atoms with E-state index < -0.39 is 4.92 Å². The summed E-state index contributed by atoms with van der Waals surface area (Å²) in [5.74, 6) is -0.0998. The summed E-state index contributed by atoms with van der Waals surface area (Å²) in [5.41, 5.74) is 6.18. The van der Waals surface area contributed by atoms with E-state index in [4.69, 9.17) is 5.73 Å². The highest BCUT2D eigenvalue weighted by Gasteiger charge is 2.25. The Bertz CT molecular complexity index is 481. The van der Waals surface area contributed by atoms with Crippen molar-refractivity contribution in [3.05, 3.63) is 39.9 Å². The van der Waals surface area contributed by atoms with Crippen LogP contribution in [-0.2, 0) is 11.2 Å². The molecule has 7 heteroatoms. The minimum Gasteiger partial charge on any atom is -0.341 e. The van der Waals surface area contributed by atoms with E-state index in [-0.39, 0.29) is 36.5 Å². The Morgan fingerprint density at radius 2 is 2.16 bits per heavy atom. The van der Waals surface area contributed by atoms with Gasteiger partial charge in [-0.05, 0) is 6.42 Å². The van der Waals surface area contributed by atoms with Crippen molar-refractivity contribution in [2.75, 3.05) is 13.1 Å². The van der Waals surface area contributed by atoms with Gasteiger partial charge in [-0.15, -0.1) is 12.4 Å². The first-order chi connectivity index (χ1) is 8.58. The third-order valence-electron chi connectivity index (χ3n) is 3.11. The van der Waals surface area contributed by atoms with E-state index in [1.807, 2.05) is 0 Å². The number of para-hydroxylation sites is 1. The van der Waals surface area contributed by atoms with Crippen molar-refractivity contribution in [1.29, 1.82) is 0 Å². The maximum atomic E-state index is 12.0. The molecule has 2 N–H and O–H groups in total. The molecule has 0 saturated carbocycles. The van der Waals surface area contributed by atoms with Crippen LogP contribution in [0, 0.1) is 10.1 Å². The molecular weight excluding hydrogens is 270 g/mol. The molecule has 1 atom stereocenters. The van der Waals surface area contributed by atoms with E-state index in [2.05, 4.69) is 0 Å². The Hall–Kier alpha value is -1.66. The third kappa shape index (κ3) is 3.65. The topological polar surface area (TPSA) is 89.5 Å². The summed E-state index contributed by atoms with van der Waals surface area (Å²) >= 11 is 0. The molecule has 0 spiro atoms. The van der Waals surface area contributed by atoms with Gasteiger partial charge in [0.05, 0.1) is 11.3 Å². The number of nitro benzene ring substituents is 1. The number of nitrogens with zero attached hydrogens (tertiary/aromatic N) is 2. The fourth-order valence-electron chi connectivity index (χ4n) is 2.13.